The van der Waals surface area contributed by atoms with E-state index in [2.05, 4.69) is 27.6 Å². The lowest BCUT2D eigenvalue weighted by molar-refractivity contribution is -0.148. The van der Waals surface area contributed by atoms with Gasteiger partial charge in [-0.1, -0.05) is 23.4 Å². The van der Waals surface area contributed by atoms with Crippen LogP contribution in [0.3, 0.4) is 0 Å². The monoisotopic (exact) mass is 705 g/mol. The summed E-state index contributed by atoms with van der Waals surface area (Å²) in [4.78, 5) is 41.4. The second kappa shape index (κ2) is 15.6. The summed E-state index contributed by atoms with van der Waals surface area (Å²) in [6.45, 7) is 5.70. The maximum Gasteiger partial charge on any atom is 0.408 e. The lowest BCUT2D eigenvalue weighted by atomic mass is 10.1. The fourth-order valence-electron chi connectivity index (χ4n) is 5.03. The Bertz CT molecular complexity index is 1860. The molecule has 49 heavy (non-hydrogen) atoms. The number of carbonyl (C=O) groups excluding carboxylic acids is 3. The minimum atomic E-state index is -1.05. The van der Waals surface area contributed by atoms with E-state index in [1.807, 2.05) is 0 Å². The van der Waals surface area contributed by atoms with Gasteiger partial charge in [-0.2, -0.15) is 16.4 Å². The van der Waals surface area contributed by atoms with Crippen LogP contribution in [0.1, 0.15) is 43.5 Å². The van der Waals surface area contributed by atoms with Gasteiger partial charge >= 0.3 is 6.09 Å². The SMILES string of the molecule is CC(C)(C)OC(=O)N[C@@H](C(=O)N1CCOC[C@H]1C(=O)Nc1ccc(C#Cc2cn(CCO)nc2-c2cc(Cl)ccc2O)cc1)c1ccsc1. The van der Waals surface area contributed by atoms with Gasteiger partial charge in [0.05, 0.1) is 31.9 Å². The number of alkyl carbamates (subject to hydrolysis) is 1. The Morgan fingerprint density at radius 1 is 1.16 bits per heavy atom. The molecule has 4 aromatic rings. The van der Waals surface area contributed by atoms with Gasteiger partial charge in [0, 0.05) is 34.6 Å². The number of aliphatic hydroxyl groups is 1. The standard InChI is InChI=1S/C35H36ClN5O7S/c1-35(2,3)48-34(46)38-31(24-12-17-49-21-24)33(45)41-14-16-47-20-28(41)32(44)37-26-9-5-22(6-10-26)4-7-23-19-40(13-15-42)39-30(23)27-18-25(36)8-11-29(27)43/h5-6,8-12,17-19,21,28,31,42-43H,13-16,20H2,1-3H3,(H,37,44)(H,38,46)/t28-,31+/m0/s1. The number of morpholine rings is 1. The molecule has 0 bridgehead atoms. The van der Waals surface area contributed by atoms with Gasteiger partial charge in [-0.05, 0) is 85.6 Å². The van der Waals surface area contributed by atoms with Crippen molar-refractivity contribution in [2.45, 2.75) is 45.0 Å². The third-order valence-electron chi connectivity index (χ3n) is 7.30. The summed E-state index contributed by atoms with van der Waals surface area (Å²) >= 11 is 7.54. The molecule has 3 amide bonds. The van der Waals surface area contributed by atoms with Crippen molar-refractivity contribution >= 4 is 46.5 Å². The van der Waals surface area contributed by atoms with Crippen LogP contribution >= 0.6 is 22.9 Å². The summed E-state index contributed by atoms with van der Waals surface area (Å²) < 4.78 is 12.5. The minimum Gasteiger partial charge on any atom is -0.507 e. The fourth-order valence-corrected chi connectivity index (χ4v) is 5.89. The molecule has 12 nitrogen and oxygen atoms in total. The molecule has 0 radical (unpaired) electrons. The second-order valence-electron chi connectivity index (χ2n) is 12.1. The van der Waals surface area contributed by atoms with Gasteiger partial charge in [0.2, 0.25) is 5.91 Å². The molecule has 2 aromatic carbocycles. The van der Waals surface area contributed by atoms with Crippen molar-refractivity contribution in [3.05, 3.63) is 87.2 Å². The van der Waals surface area contributed by atoms with Crippen LogP contribution in [0.4, 0.5) is 10.5 Å². The summed E-state index contributed by atoms with van der Waals surface area (Å²) in [5.74, 6) is 5.24. The zero-order valence-electron chi connectivity index (χ0n) is 27.1. The molecule has 1 aliphatic heterocycles. The van der Waals surface area contributed by atoms with E-state index in [-0.39, 0.29) is 38.7 Å². The number of hydrogen-bond acceptors (Lipinski definition) is 9. The van der Waals surface area contributed by atoms with Crippen molar-refractivity contribution in [3.8, 4) is 28.8 Å². The first-order chi connectivity index (χ1) is 23.4. The zero-order chi connectivity index (χ0) is 35.1. The topological polar surface area (TPSA) is 155 Å². The van der Waals surface area contributed by atoms with Gasteiger partial charge in [-0.15, -0.1) is 0 Å². The molecule has 256 valence electrons. The third kappa shape index (κ3) is 9.18. The molecule has 1 fully saturated rings. The number of halogens is 1. The predicted octanol–water partition coefficient (Wildman–Crippen LogP) is 4.79. The highest BCUT2D eigenvalue weighted by atomic mass is 35.5. The second-order valence-corrected chi connectivity index (χ2v) is 13.3. The van der Waals surface area contributed by atoms with E-state index in [1.165, 1.54) is 27.0 Å². The molecule has 4 N–H and O–H groups in total. The molecular weight excluding hydrogens is 670 g/mol. The number of rotatable bonds is 8. The maximum atomic E-state index is 13.9. The molecule has 3 heterocycles. The summed E-state index contributed by atoms with van der Waals surface area (Å²) in [6.07, 6.45) is 0.936. The molecule has 0 aliphatic carbocycles. The molecule has 5 rings (SSSR count). The van der Waals surface area contributed by atoms with Crippen LogP contribution in [0, 0.1) is 11.8 Å². The number of aromatic nitrogens is 2. The first-order valence-corrected chi connectivity index (χ1v) is 16.7. The minimum absolute atomic E-state index is 0.00767. The molecule has 2 atom stereocenters. The Morgan fingerprint density at radius 2 is 1.94 bits per heavy atom. The molecular formula is C35H36ClN5O7S. The molecule has 1 aliphatic rings. The van der Waals surface area contributed by atoms with Crippen molar-refractivity contribution in [1.29, 1.82) is 0 Å². The third-order valence-corrected chi connectivity index (χ3v) is 8.23. The number of nitrogens with one attached hydrogen (secondary N) is 2. The maximum absolute atomic E-state index is 13.9. The lowest BCUT2D eigenvalue weighted by Gasteiger charge is -2.36. The predicted molar refractivity (Wildman–Crippen MR) is 185 cm³/mol. The number of amides is 3. The number of benzene rings is 2. The Labute approximate surface area is 292 Å². The lowest BCUT2D eigenvalue weighted by Crippen LogP contribution is -2.57. The number of phenolic OH excluding ortho intramolecular Hbond substituents is 1. The van der Waals surface area contributed by atoms with E-state index < -0.39 is 35.6 Å². The smallest absolute Gasteiger partial charge is 0.408 e. The van der Waals surface area contributed by atoms with Crippen LogP contribution in [0.5, 0.6) is 5.75 Å². The highest BCUT2D eigenvalue weighted by Gasteiger charge is 2.38. The van der Waals surface area contributed by atoms with Crippen molar-refractivity contribution in [1.82, 2.24) is 20.0 Å². The normalized spacial score (nSPS) is 15.1. The number of carbonyl (C=O) groups is 3. The number of aliphatic hydroxyl groups excluding tert-OH is 1. The average Bonchev–Trinajstić information content (AvgIpc) is 3.74. The highest BCUT2D eigenvalue weighted by molar-refractivity contribution is 7.08. The summed E-state index contributed by atoms with van der Waals surface area (Å²) in [5.41, 5.74) is 2.29. The van der Waals surface area contributed by atoms with Gasteiger partial charge in [-0.3, -0.25) is 14.3 Å². The number of thiophene rings is 1. The number of ether oxygens (including phenoxy) is 2. The quantitative estimate of drug-likeness (QED) is 0.191. The zero-order valence-corrected chi connectivity index (χ0v) is 28.7. The van der Waals surface area contributed by atoms with Crippen LogP contribution in [0.2, 0.25) is 5.02 Å². The molecule has 0 saturated carbocycles. The van der Waals surface area contributed by atoms with E-state index >= 15 is 0 Å². The molecule has 14 heteroatoms. The van der Waals surface area contributed by atoms with Crippen molar-refractivity contribution in [2.24, 2.45) is 0 Å². The number of anilines is 1. The van der Waals surface area contributed by atoms with Crippen LogP contribution in [-0.2, 0) is 25.6 Å². The van der Waals surface area contributed by atoms with E-state index in [9.17, 15) is 24.6 Å². The average molecular weight is 706 g/mol. The molecule has 0 unspecified atom stereocenters. The Balaban J connectivity index is 1.30. The van der Waals surface area contributed by atoms with Gasteiger partial charge < -0.3 is 35.2 Å². The molecule has 0 spiro atoms. The van der Waals surface area contributed by atoms with Crippen LogP contribution in [0.25, 0.3) is 11.3 Å². The number of phenols is 1. The van der Waals surface area contributed by atoms with E-state index in [4.69, 9.17) is 21.1 Å². The summed E-state index contributed by atoms with van der Waals surface area (Å²) in [6, 6.07) is 11.2. The Morgan fingerprint density at radius 3 is 2.63 bits per heavy atom. The first-order valence-electron chi connectivity index (χ1n) is 15.4. The van der Waals surface area contributed by atoms with Gasteiger partial charge in [-0.25, -0.2) is 4.79 Å². The van der Waals surface area contributed by atoms with Crippen LogP contribution < -0.4 is 10.6 Å². The number of hydrogen-bond donors (Lipinski definition) is 4. The van der Waals surface area contributed by atoms with E-state index in [0.717, 1.165) is 0 Å². The highest BCUT2D eigenvalue weighted by Crippen LogP contribution is 2.33. The largest absolute Gasteiger partial charge is 0.507 e. The summed E-state index contributed by atoms with van der Waals surface area (Å²) in [7, 11) is 0. The summed E-state index contributed by atoms with van der Waals surface area (Å²) in [5, 5.41) is 33.8. The Kier molecular flexibility index (Phi) is 11.3. The first kappa shape index (κ1) is 35.4. The van der Waals surface area contributed by atoms with Gasteiger partial charge in [0.1, 0.15) is 29.1 Å². The van der Waals surface area contributed by atoms with Crippen molar-refractivity contribution in [2.75, 3.05) is 31.7 Å². The van der Waals surface area contributed by atoms with Crippen molar-refractivity contribution in [3.63, 3.8) is 0 Å². The van der Waals surface area contributed by atoms with E-state index in [0.29, 0.717) is 38.7 Å². The fraction of sp³-hybridized carbons (Fsp3) is 0.314. The van der Waals surface area contributed by atoms with E-state index in [1.54, 1.807) is 80.2 Å². The van der Waals surface area contributed by atoms with Crippen molar-refractivity contribution < 1.29 is 34.1 Å². The van der Waals surface area contributed by atoms with Gasteiger partial charge in [0.25, 0.3) is 5.91 Å². The van der Waals surface area contributed by atoms with Gasteiger partial charge in [0.15, 0.2) is 0 Å². The van der Waals surface area contributed by atoms with Crippen LogP contribution in [0.15, 0.2) is 65.5 Å². The number of aromatic hydroxyl groups is 1. The molecule has 2 aromatic heterocycles. The Hall–Kier alpha value is -4.87. The molecule has 1 saturated heterocycles. The van der Waals surface area contributed by atoms with Crippen LogP contribution in [-0.4, -0.2) is 80.8 Å². The number of nitrogens with zero attached hydrogens (tertiary/aromatic N) is 3.